The summed E-state index contributed by atoms with van der Waals surface area (Å²) in [5.41, 5.74) is 0. The number of carbonyl (C=O) groups excluding carboxylic acids is 2. The van der Waals surface area contributed by atoms with E-state index >= 15 is 0 Å². The van der Waals surface area contributed by atoms with Gasteiger partial charge in [-0.1, -0.05) is 0 Å². The molecule has 0 aromatic heterocycles. The van der Waals surface area contributed by atoms with Gasteiger partial charge in [0.15, 0.2) is 0 Å². The molecule has 0 saturated carbocycles. The molecular formula is C10H20O4Sn. The van der Waals surface area contributed by atoms with Gasteiger partial charge in [0.2, 0.25) is 0 Å². The average Bonchev–Trinajstić information content (AvgIpc) is 2.11. The number of Topliss-reactive ketones (excluding diaryl/α,β-unsaturated/α-hetero) is 1. The van der Waals surface area contributed by atoms with Crippen LogP contribution in [0.2, 0.25) is 9.88 Å². The molecule has 0 aliphatic rings. The van der Waals surface area contributed by atoms with Gasteiger partial charge >= 0.3 is 96.3 Å². The van der Waals surface area contributed by atoms with Gasteiger partial charge in [0, 0.05) is 0 Å². The number of ketones is 1. The van der Waals surface area contributed by atoms with Gasteiger partial charge in [-0.2, -0.15) is 0 Å². The first kappa shape index (κ1) is 14.9. The van der Waals surface area contributed by atoms with Crippen molar-refractivity contribution in [1.82, 2.24) is 0 Å². The van der Waals surface area contributed by atoms with Gasteiger partial charge in [-0.15, -0.1) is 0 Å². The van der Waals surface area contributed by atoms with Crippen LogP contribution < -0.4 is 0 Å². The van der Waals surface area contributed by atoms with E-state index in [-0.39, 0.29) is 11.8 Å². The van der Waals surface area contributed by atoms with E-state index in [0.29, 0.717) is 19.3 Å². The summed E-state index contributed by atoms with van der Waals surface area (Å²) >= 11 is -2.94. The normalized spacial score (nSPS) is 11.2. The van der Waals surface area contributed by atoms with Gasteiger partial charge in [-0.05, 0) is 0 Å². The second-order valence-electron chi connectivity index (χ2n) is 3.99. The molecule has 0 rings (SSSR count). The fourth-order valence-corrected chi connectivity index (χ4v) is 3.10. The Morgan fingerprint density at radius 1 is 1.13 bits per heavy atom. The number of hydrogen-bond donors (Lipinski definition) is 0. The fourth-order valence-electron chi connectivity index (χ4n) is 1.01. The molecule has 5 heteroatoms. The standard InChI is InChI=1S/C7H12O3.CH3O.2CH3.Sn/c1-6(8)4-2-3-5-7(9)10;1-2;;;/h2-5H2,1H3,(H,9,10);1H3;2*1H3;/q;-1;;;+2/p-1. The third kappa shape index (κ3) is 8.86. The van der Waals surface area contributed by atoms with Gasteiger partial charge < -0.3 is 0 Å². The SMILES string of the molecule is C[O][Sn]([CH3])([CH3])[O]C(=O)CCCCC(C)=O. The van der Waals surface area contributed by atoms with Crippen molar-refractivity contribution < 1.29 is 15.7 Å². The molecule has 0 amide bonds. The summed E-state index contributed by atoms with van der Waals surface area (Å²) in [5, 5.41) is 0. The quantitative estimate of drug-likeness (QED) is 0.531. The molecule has 0 unspecified atom stereocenters. The monoisotopic (exact) mass is 324 g/mol. The molecule has 0 heterocycles. The van der Waals surface area contributed by atoms with Crippen molar-refractivity contribution in [3.8, 4) is 0 Å². The van der Waals surface area contributed by atoms with Crippen LogP contribution >= 0.6 is 0 Å². The Kier molecular flexibility index (Phi) is 7.17. The molecule has 0 aromatic carbocycles. The molecule has 0 aliphatic carbocycles. The topological polar surface area (TPSA) is 52.6 Å². The van der Waals surface area contributed by atoms with Crippen molar-refractivity contribution in [2.24, 2.45) is 0 Å². The molecule has 15 heavy (non-hydrogen) atoms. The second kappa shape index (κ2) is 7.22. The Morgan fingerprint density at radius 2 is 1.67 bits per heavy atom. The zero-order chi connectivity index (χ0) is 11.9. The zero-order valence-electron chi connectivity index (χ0n) is 9.96. The van der Waals surface area contributed by atoms with E-state index in [2.05, 4.69) is 0 Å². The van der Waals surface area contributed by atoms with Crippen LogP contribution in [-0.4, -0.2) is 38.1 Å². The van der Waals surface area contributed by atoms with E-state index in [1.165, 1.54) is 0 Å². The van der Waals surface area contributed by atoms with E-state index < -0.39 is 19.2 Å². The first-order valence-corrected chi connectivity index (χ1v) is 13.2. The van der Waals surface area contributed by atoms with E-state index in [4.69, 9.17) is 6.15 Å². The summed E-state index contributed by atoms with van der Waals surface area (Å²) in [7, 11) is 1.58. The molecule has 0 N–H and O–H groups in total. The fraction of sp³-hybridized carbons (Fsp3) is 0.800. The second-order valence-corrected chi connectivity index (χ2v) is 13.7. The number of rotatable bonds is 7. The average molecular weight is 323 g/mol. The summed E-state index contributed by atoms with van der Waals surface area (Å²) in [6, 6.07) is 0. The van der Waals surface area contributed by atoms with E-state index in [1.807, 2.05) is 9.88 Å². The maximum atomic E-state index is 11.3. The maximum absolute atomic E-state index is 11.3. The first-order valence-electron chi connectivity index (χ1n) is 5.14. The molecule has 0 aliphatic heterocycles. The third-order valence-corrected chi connectivity index (χ3v) is 6.87. The molecular weight excluding hydrogens is 303 g/mol. The van der Waals surface area contributed by atoms with Crippen molar-refractivity contribution in [2.75, 3.05) is 7.11 Å². The zero-order valence-corrected chi connectivity index (χ0v) is 12.8. The molecule has 88 valence electrons. The van der Waals surface area contributed by atoms with Gasteiger partial charge in [-0.25, -0.2) is 0 Å². The number of hydrogen-bond acceptors (Lipinski definition) is 4. The van der Waals surface area contributed by atoms with Crippen LogP contribution in [0.3, 0.4) is 0 Å². The minimum atomic E-state index is -2.94. The van der Waals surface area contributed by atoms with Crippen LogP contribution in [0.5, 0.6) is 0 Å². The Hall–Kier alpha value is -0.101. The van der Waals surface area contributed by atoms with Crippen LogP contribution in [0.1, 0.15) is 32.6 Å². The Labute approximate surface area is 96.3 Å². The van der Waals surface area contributed by atoms with Crippen molar-refractivity contribution in [3.63, 3.8) is 0 Å². The molecule has 0 radical (unpaired) electrons. The number of carbonyl (C=O) groups is 2. The van der Waals surface area contributed by atoms with Crippen molar-refractivity contribution >= 4 is 31.0 Å². The van der Waals surface area contributed by atoms with Crippen LogP contribution in [0, 0.1) is 0 Å². The molecule has 0 spiro atoms. The Bertz CT molecular complexity index is 225. The molecule has 4 nitrogen and oxygen atoms in total. The van der Waals surface area contributed by atoms with Crippen LogP contribution in [0.15, 0.2) is 0 Å². The predicted octanol–water partition coefficient (Wildman–Crippen LogP) is 2.03. The van der Waals surface area contributed by atoms with E-state index in [0.717, 1.165) is 6.42 Å². The van der Waals surface area contributed by atoms with Crippen LogP contribution in [0.25, 0.3) is 0 Å². The van der Waals surface area contributed by atoms with Gasteiger partial charge in [-0.3, -0.25) is 0 Å². The molecule has 0 bridgehead atoms. The Morgan fingerprint density at radius 3 is 2.13 bits per heavy atom. The molecule has 0 aromatic rings. The molecule has 0 atom stereocenters. The Balaban J connectivity index is 3.62. The van der Waals surface area contributed by atoms with Crippen molar-refractivity contribution in [2.45, 2.75) is 42.5 Å². The van der Waals surface area contributed by atoms with Gasteiger partial charge in [0.1, 0.15) is 0 Å². The van der Waals surface area contributed by atoms with Crippen LogP contribution in [0.4, 0.5) is 0 Å². The predicted molar refractivity (Wildman–Crippen MR) is 59.7 cm³/mol. The van der Waals surface area contributed by atoms with Crippen LogP contribution in [-0.2, 0) is 15.7 Å². The van der Waals surface area contributed by atoms with Gasteiger partial charge in [0.25, 0.3) is 0 Å². The van der Waals surface area contributed by atoms with Gasteiger partial charge in [0.05, 0.1) is 0 Å². The van der Waals surface area contributed by atoms with Crippen molar-refractivity contribution in [3.05, 3.63) is 0 Å². The molecule has 0 fully saturated rings. The summed E-state index contributed by atoms with van der Waals surface area (Å²) in [4.78, 5) is 25.7. The van der Waals surface area contributed by atoms with E-state index in [9.17, 15) is 9.59 Å². The summed E-state index contributed by atoms with van der Waals surface area (Å²) < 4.78 is 10.4. The van der Waals surface area contributed by atoms with Crippen molar-refractivity contribution in [1.29, 1.82) is 0 Å². The minimum absolute atomic E-state index is 0.166. The first-order chi connectivity index (χ1) is 6.87. The summed E-state index contributed by atoms with van der Waals surface area (Å²) in [5.74, 6) is -0.0269. The summed E-state index contributed by atoms with van der Waals surface area (Å²) in [6.45, 7) is 1.56. The van der Waals surface area contributed by atoms with E-state index in [1.54, 1.807) is 14.0 Å². The number of unbranched alkanes of at least 4 members (excludes halogenated alkanes) is 1. The molecule has 0 saturated heterocycles. The third-order valence-electron chi connectivity index (χ3n) is 2.01. The summed E-state index contributed by atoms with van der Waals surface area (Å²) in [6.07, 6.45) is 2.40.